The summed E-state index contributed by atoms with van der Waals surface area (Å²) in [6.07, 6.45) is -86.9. The van der Waals surface area contributed by atoms with Crippen LogP contribution in [0.2, 0.25) is 0 Å². The van der Waals surface area contributed by atoms with Gasteiger partial charge in [0.25, 0.3) is 0 Å². The number of carboxylic acids is 7. The lowest BCUT2D eigenvalue weighted by Gasteiger charge is -2.51. The molecule has 128 heavy (non-hydrogen) atoms. The smallest absolute Gasteiger partial charge is 0.187 e. The Hall–Kier alpha value is -2.52. The third-order valence-corrected chi connectivity index (χ3v) is 29.9. The molecule has 47 nitrogen and oxygen atoms in total. The van der Waals surface area contributed by atoms with E-state index in [0.29, 0.717) is 0 Å². The van der Waals surface area contributed by atoms with Gasteiger partial charge < -0.3 is 227 Å². The monoisotopic (exact) mass is 1990 g/mol. The molecule has 0 unspecified atom stereocenters. The Kier molecular flexibility index (Phi) is 45.1. The van der Waals surface area contributed by atoms with Crippen LogP contribution in [0.3, 0.4) is 0 Å². The van der Waals surface area contributed by atoms with E-state index in [1.807, 2.05) is 0 Å². The number of rotatable bonds is 40. The van der Waals surface area contributed by atoms with Gasteiger partial charge >= 0.3 is 0 Å². The molecular weight excluding hydrogens is 1890 g/mol. The quantitative estimate of drug-likeness (QED) is 0.0253. The van der Waals surface area contributed by atoms with E-state index >= 15 is 0 Å². The van der Waals surface area contributed by atoms with Crippen molar-refractivity contribution in [3.8, 4) is 0 Å². The van der Waals surface area contributed by atoms with Gasteiger partial charge in [-0.2, -0.15) is 94.1 Å². The first-order valence-electron chi connectivity index (χ1n) is 40.6. The first-order chi connectivity index (χ1) is 60.7. The van der Waals surface area contributed by atoms with Crippen LogP contribution in [0.15, 0.2) is 0 Å². The fourth-order valence-corrected chi connectivity index (χ4v) is 22.6. The van der Waals surface area contributed by atoms with Crippen LogP contribution in [-0.4, -0.2) is 467 Å². The van der Waals surface area contributed by atoms with Crippen LogP contribution in [0.25, 0.3) is 0 Å². The Morgan fingerprint density at radius 1 is 0.188 bits per heavy atom. The van der Waals surface area contributed by atoms with Crippen molar-refractivity contribution in [3.63, 3.8) is 0 Å². The highest BCUT2D eigenvalue weighted by Gasteiger charge is 2.61. The molecule has 30 aliphatic heterocycles. The number of thioether (sulfide) groups is 8. The lowest BCUT2D eigenvalue weighted by atomic mass is 9.95. The maximum Gasteiger partial charge on any atom is 0.187 e. The van der Waals surface area contributed by atoms with E-state index < -0.39 is 373 Å². The summed E-state index contributed by atoms with van der Waals surface area (Å²) in [6.45, 7) is 1.29. The third-order valence-electron chi connectivity index (χ3n) is 21.5. The van der Waals surface area contributed by atoms with Crippen LogP contribution in [0, 0.1) is 0 Å². The molecule has 40 atom stereocenters. The molecule has 16 bridgehead atoms. The molecule has 55 heteroatoms. The molecule has 0 aromatic heterocycles. The molecule has 0 amide bonds. The molecule has 0 saturated carbocycles. The maximum atomic E-state index is 12.3. The number of hydrogen-bond acceptors (Lipinski definition) is 55. The molecule has 30 aliphatic rings. The molecule has 16 N–H and O–H groups in total. The number of hydrogen-bond donors (Lipinski definition) is 16. The average Bonchev–Trinajstić information content (AvgIpc) is 0.766. The number of carbonyl (C=O) groups is 8. The second-order valence-corrected chi connectivity index (χ2v) is 40.1. The summed E-state index contributed by atoms with van der Waals surface area (Å²) in [4.78, 5) is 94.0. The summed E-state index contributed by atoms with van der Waals surface area (Å²) in [6, 6.07) is 0. The normalized spacial score (nSPS) is 41.5. The molecule has 0 spiro atoms. The molecular formula is C73H107O47S8-7. The van der Waals surface area contributed by atoms with Crippen molar-refractivity contribution in [2.24, 2.45) is 0 Å². The number of carbonyl (C=O) groups excluding carboxylic acids is 8. The maximum absolute atomic E-state index is 12.3. The minimum atomic E-state index is -2.35. The molecule has 0 radical (unpaired) electrons. The lowest BCUT2D eigenvalue weighted by molar-refractivity contribution is -0.396. The van der Waals surface area contributed by atoms with Gasteiger partial charge in [0, 0.05) is 100.0 Å². The molecule has 0 aromatic carbocycles. The fourth-order valence-electron chi connectivity index (χ4n) is 14.7. The van der Waals surface area contributed by atoms with Gasteiger partial charge in [-0.15, -0.1) is 0 Å². The Bertz CT molecular complexity index is 2830. The van der Waals surface area contributed by atoms with Crippen molar-refractivity contribution >= 4 is 142 Å². The number of ketones is 1. The first kappa shape index (κ1) is 109. The minimum absolute atomic E-state index is 0.0350. The van der Waals surface area contributed by atoms with Crippen molar-refractivity contribution in [2.75, 3.05) is 92.0 Å². The van der Waals surface area contributed by atoms with Crippen molar-refractivity contribution in [1.29, 1.82) is 0 Å². The molecule has 30 rings (SSSR count). The van der Waals surface area contributed by atoms with Crippen LogP contribution < -0.4 is 35.7 Å². The predicted octanol–water partition coefficient (Wildman–Crippen LogP) is -16.5. The highest BCUT2D eigenvalue weighted by molar-refractivity contribution is 8.00. The first-order valence-corrected chi connectivity index (χ1v) is 49.9. The third kappa shape index (κ3) is 30.7. The highest BCUT2D eigenvalue weighted by atomic mass is 32.2. The van der Waals surface area contributed by atoms with Gasteiger partial charge in [0.2, 0.25) is 0 Å². The van der Waals surface area contributed by atoms with Gasteiger partial charge in [0.05, 0.1) is 48.8 Å². The molecule has 736 valence electrons. The Morgan fingerprint density at radius 2 is 0.297 bits per heavy atom. The number of carboxylic acid groups (broad SMARTS) is 7. The Morgan fingerprint density at radius 3 is 0.398 bits per heavy atom. The number of Topliss-reactive ketones (excluding diaryl/α,β-unsaturated/α-hetero) is 1. The SMILES string of the molecule is CC(=O)CCSC[C@H]1O[C@@H]2O[C@H]3[C@H](O)[C@@H](O)[C@@H](O[C@H]4[C@H](O)[C@@H](O)[C@@H](O[C@H]5[C@H](O)[C@@H](O)[C@@H](O[C@H]6[C@H](O)[C@@H](O)[C@@H](O[C@H]7[C@H](O)[C@@H](O)[C@@H](O[C@H]8[C@H](O)[C@@H](O)[C@@H](O[C@H]9[C@H](O)[C@@H](O)[C@@H](O[C@H]1[C@H](O)[C@H]2O)O[C@@H]9CSCCC(=O)[O-])O[C@@H]8CSCCC(=O)[O-])O[C@@H]7CSCCC(=O)[O-])O[C@@H]6CSCCC(=O)[O-])O[C@@H]5CSCCC(=O)[O-])O[C@@H]4CSCCC(=O)[O-])O[C@@H]3CSCCC(=O)[O-]. The molecule has 0 aromatic rings. The van der Waals surface area contributed by atoms with E-state index in [-0.39, 0.29) is 64.0 Å². The van der Waals surface area contributed by atoms with E-state index in [1.54, 1.807) is 0 Å². The van der Waals surface area contributed by atoms with Crippen LogP contribution in [-0.2, 0) is 114 Å². The summed E-state index contributed by atoms with van der Waals surface area (Å²) in [5.74, 6) is -15.6. The number of aliphatic carboxylic acids is 7. The van der Waals surface area contributed by atoms with E-state index in [9.17, 15) is 156 Å². The molecule has 0 aliphatic carbocycles. The second kappa shape index (κ2) is 52.9. The van der Waals surface area contributed by atoms with Crippen molar-refractivity contribution in [3.05, 3.63) is 0 Å². The zero-order valence-electron chi connectivity index (χ0n) is 68.1. The molecule has 30 saturated heterocycles. The standard InChI is InChI=1S/C73H114O47S8/c1-26(74)2-10-121-18-27-58-42(89)50(97)66(105-27)114-59-28(19-122-11-3-35(75)76)107-68(52(99)44(59)91)116-61-30(21-124-13-5-37(79)80)109-70(54(101)46(61)93)118-63-32(23-126-15-7-39(83)84)111-72(56(103)48(63)95)120-65-34(25-128-17-9-41(87)88)112-73(57(104)49(65)96)119-64-33(24-127-16-8-40(85)86)110-71(55(102)47(64)94)117-62-31(22-125-14-6-38(81)82)108-69(53(100)45(62)92)115-60-29(20-123-12-4-36(77)78)106-67(113-58)51(98)43(60)90/h27-34,42-73,89-104H,2-25H2,1H3,(H,75,76)(H,77,78)(H,79,80)(H,81,82)(H,83,84)(H,85,86)(H,87,88)/p-7/t27-,28-,29-,30-,31-,32-,33-,34-,42-,43-,44-,45-,46-,47-,48-,49-,50-,51-,52-,53-,54-,55-,56-,57-,58-,59-,60-,61-,62-,63-,64-,65-,66-,67-,68-,69-,70-,71-,72-,73-/m1/s1. The zero-order valence-corrected chi connectivity index (χ0v) is 74.7. The largest absolute Gasteiger partial charge is 0.550 e. The fraction of sp³-hybridized carbons (Fsp3) is 0.890. The second-order valence-electron chi connectivity index (χ2n) is 30.9. The van der Waals surface area contributed by atoms with E-state index in [4.69, 9.17) is 75.8 Å². The summed E-state index contributed by atoms with van der Waals surface area (Å²) >= 11 is 6.85. The van der Waals surface area contributed by atoms with Crippen molar-refractivity contribution in [1.82, 2.24) is 0 Å². The summed E-state index contributed by atoms with van der Waals surface area (Å²) in [7, 11) is 0. The summed E-state index contributed by atoms with van der Waals surface area (Å²) < 4.78 is 100.0. The highest BCUT2D eigenvalue weighted by Crippen LogP contribution is 2.43. The minimum Gasteiger partial charge on any atom is -0.550 e. The Balaban J connectivity index is 1.12. The summed E-state index contributed by atoms with van der Waals surface area (Å²) in [5.41, 5.74) is 0. The number of aliphatic hydroxyl groups is 16. The van der Waals surface area contributed by atoms with E-state index in [0.717, 1.165) is 94.1 Å². The number of ether oxygens (including phenoxy) is 16. The van der Waals surface area contributed by atoms with Crippen LogP contribution >= 0.6 is 94.1 Å². The molecule has 30 heterocycles. The van der Waals surface area contributed by atoms with Crippen LogP contribution in [0.4, 0.5) is 0 Å². The van der Waals surface area contributed by atoms with Crippen molar-refractivity contribution < 1.29 is 232 Å². The van der Waals surface area contributed by atoms with E-state index in [2.05, 4.69) is 0 Å². The average molecular weight is 1990 g/mol. The summed E-state index contributed by atoms with van der Waals surface area (Å²) in [5, 5.41) is 277. The number of aliphatic hydroxyl groups excluding tert-OH is 16. The lowest BCUT2D eigenvalue weighted by Crippen LogP contribution is -2.69. The van der Waals surface area contributed by atoms with Gasteiger partial charge in [-0.05, 0) is 92.1 Å². The van der Waals surface area contributed by atoms with Gasteiger partial charge in [-0.25, -0.2) is 0 Å². The van der Waals surface area contributed by atoms with Gasteiger partial charge in [0.1, 0.15) is 152 Å². The van der Waals surface area contributed by atoms with Gasteiger partial charge in [-0.1, -0.05) is 0 Å². The van der Waals surface area contributed by atoms with Crippen LogP contribution in [0.1, 0.15) is 58.3 Å². The van der Waals surface area contributed by atoms with Gasteiger partial charge in [0.15, 0.2) is 50.3 Å². The van der Waals surface area contributed by atoms with Crippen molar-refractivity contribution in [2.45, 2.75) is 304 Å². The zero-order chi connectivity index (χ0) is 93.7. The van der Waals surface area contributed by atoms with Crippen LogP contribution in [0.5, 0.6) is 0 Å². The molecule has 30 fully saturated rings. The predicted molar refractivity (Wildman–Crippen MR) is 426 cm³/mol. The van der Waals surface area contributed by atoms with Gasteiger partial charge in [-0.3, -0.25) is 4.79 Å². The topological polar surface area (TPSA) is 769 Å². The Labute approximate surface area is 764 Å². The van der Waals surface area contributed by atoms with E-state index in [1.165, 1.54) is 6.92 Å².